The number of hydrogen-bond donors (Lipinski definition) is 2. The molecule has 9 heteroatoms. The number of amides is 3. The number of benzene rings is 1. The van der Waals surface area contributed by atoms with Crippen molar-refractivity contribution >= 4 is 40.4 Å². The Morgan fingerprint density at radius 1 is 1.18 bits per heavy atom. The number of nitrogens with zero attached hydrogens (tertiary/aromatic N) is 3. The summed E-state index contributed by atoms with van der Waals surface area (Å²) in [6.07, 6.45) is 2.09. The third-order valence-electron chi connectivity index (χ3n) is 6.14. The number of carbonyl (C=O) groups is 3. The number of anilines is 2. The number of aryl methyl sites for hydroxylation is 3. The van der Waals surface area contributed by atoms with E-state index in [1.807, 2.05) is 53.1 Å². The Morgan fingerprint density at radius 2 is 2.00 bits per heavy atom. The van der Waals surface area contributed by atoms with E-state index in [0.29, 0.717) is 12.1 Å². The molecule has 1 atom stereocenters. The highest BCUT2D eigenvalue weighted by atomic mass is 32.1. The molecule has 2 aliphatic rings. The molecule has 0 saturated carbocycles. The average molecular weight is 464 g/mol. The molecule has 3 aromatic rings. The molecule has 0 radical (unpaired) electrons. The Morgan fingerprint density at radius 3 is 2.73 bits per heavy atom. The van der Waals surface area contributed by atoms with Crippen LogP contribution in [0.2, 0.25) is 0 Å². The Bertz CT molecular complexity index is 1250. The van der Waals surface area contributed by atoms with Crippen molar-refractivity contribution in [2.45, 2.75) is 39.2 Å². The molecular formula is C24H25N5O3S. The second-order valence-corrected chi connectivity index (χ2v) is 9.52. The van der Waals surface area contributed by atoms with Crippen LogP contribution in [0.4, 0.5) is 11.4 Å². The minimum Gasteiger partial charge on any atom is -0.345 e. The molecule has 2 aromatic heterocycles. The van der Waals surface area contributed by atoms with E-state index in [2.05, 4.69) is 15.7 Å². The molecule has 33 heavy (non-hydrogen) atoms. The van der Waals surface area contributed by atoms with Gasteiger partial charge in [0, 0.05) is 29.3 Å². The topological polar surface area (TPSA) is 96.3 Å². The highest BCUT2D eigenvalue weighted by molar-refractivity contribution is 7.10. The minimum absolute atomic E-state index is 0.0935. The summed E-state index contributed by atoms with van der Waals surface area (Å²) in [5.74, 6) is -1.33. The van der Waals surface area contributed by atoms with Crippen LogP contribution in [0.25, 0.3) is 0 Å². The van der Waals surface area contributed by atoms with Gasteiger partial charge >= 0.3 is 11.8 Å². The fourth-order valence-electron chi connectivity index (χ4n) is 4.76. The Balaban J connectivity index is 1.29. The lowest BCUT2D eigenvalue weighted by molar-refractivity contribution is -0.136. The molecule has 2 N–H and O–H groups in total. The summed E-state index contributed by atoms with van der Waals surface area (Å²) in [7, 11) is 0. The van der Waals surface area contributed by atoms with Crippen LogP contribution in [0.15, 0.2) is 35.7 Å². The zero-order valence-corrected chi connectivity index (χ0v) is 19.4. The van der Waals surface area contributed by atoms with Crippen LogP contribution in [0, 0.1) is 13.8 Å². The smallest absolute Gasteiger partial charge is 0.313 e. The van der Waals surface area contributed by atoms with E-state index < -0.39 is 11.8 Å². The van der Waals surface area contributed by atoms with Crippen LogP contribution in [0.3, 0.4) is 0 Å². The lowest BCUT2D eigenvalue weighted by atomic mass is 9.99. The van der Waals surface area contributed by atoms with Crippen molar-refractivity contribution in [2.24, 2.45) is 0 Å². The fraction of sp³-hybridized carbons (Fsp3) is 0.333. The van der Waals surface area contributed by atoms with Gasteiger partial charge in [0.05, 0.1) is 17.8 Å². The number of nitrogens with one attached hydrogen (secondary N) is 2. The molecule has 0 fully saturated rings. The standard InChI is InChI=1S/C24H25N5O3S/c1-14-9-15(2)29(27-14)19(20-6-4-8-33-20)13-25-23(31)24(32)26-18-10-16-5-3-7-28-21(30)12-17(11-18)22(16)28/h4,6,8-11,19H,3,5,7,12-13H2,1-2H3,(H,25,31)(H,26,32). The zero-order valence-electron chi connectivity index (χ0n) is 18.6. The van der Waals surface area contributed by atoms with Gasteiger partial charge in [-0.2, -0.15) is 5.10 Å². The van der Waals surface area contributed by atoms with Crippen molar-refractivity contribution < 1.29 is 14.4 Å². The van der Waals surface area contributed by atoms with Crippen LogP contribution in [0.5, 0.6) is 0 Å². The van der Waals surface area contributed by atoms with Gasteiger partial charge in [-0.15, -0.1) is 11.3 Å². The summed E-state index contributed by atoms with van der Waals surface area (Å²) >= 11 is 1.58. The zero-order chi connectivity index (χ0) is 23.1. The maximum absolute atomic E-state index is 12.6. The number of thiophene rings is 1. The Kier molecular flexibility index (Phi) is 5.49. The number of aromatic nitrogens is 2. The van der Waals surface area contributed by atoms with E-state index >= 15 is 0 Å². The van der Waals surface area contributed by atoms with E-state index in [0.717, 1.165) is 52.5 Å². The summed E-state index contributed by atoms with van der Waals surface area (Å²) in [6, 6.07) is 9.42. The quantitative estimate of drug-likeness (QED) is 0.569. The maximum atomic E-state index is 12.6. The number of carbonyl (C=O) groups excluding carboxylic acids is 3. The van der Waals surface area contributed by atoms with Gasteiger partial charge in [0.2, 0.25) is 5.91 Å². The first-order valence-corrected chi connectivity index (χ1v) is 11.9. The SMILES string of the molecule is Cc1cc(C)n(C(CNC(=O)C(=O)Nc2cc3c4c(c2)CC(=O)N4CCC3)c2cccs2)n1. The van der Waals surface area contributed by atoms with Gasteiger partial charge in [0.25, 0.3) is 0 Å². The lowest BCUT2D eigenvalue weighted by Gasteiger charge is -2.26. The van der Waals surface area contributed by atoms with Crippen LogP contribution in [-0.4, -0.2) is 40.6 Å². The molecule has 1 aromatic carbocycles. The van der Waals surface area contributed by atoms with Crippen LogP contribution in [-0.2, 0) is 27.2 Å². The minimum atomic E-state index is -0.725. The van der Waals surface area contributed by atoms with Gasteiger partial charge in [-0.25, -0.2) is 0 Å². The van der Waals surface area contributed by atoms with Gasteiger partial charge in [-0.05, 0) is 67.5 Å². The van der Waals surface area contributed by atoms with Crippen LogP contribution < -0.4 is 15.5 Å². The molecule has 0 aliphatic carbocycles. The van der Waals surface area contributed by atoms with Crippen molar-refractivity contribution in [3.63, 3.8) is 0 Å². The number of rotatable bonds is 5. The van der Waals surface area contributed by atoms with Gasteiger partial charge < -0.3 is 15.5 Å². The predicted molar refractivity (Wildman–Crippen MR) is 127 cm³/mol. The van der Waals surface area contributed by atoms with Gasteiger partial charge in [0.15, 0.2) is 0 Å². The molecule has 0 saturated heterocycles. The van der Waals surface area contributed by atoms with Gasteiger partial charge in [-0.3, -0.25) is 19.1 Å². The Hall–Kier alpha value is -3.46. The molecule has 1 unspecified atom stereocenters. The largest absolute Gasteiger partial charge is 0.345 e. The van der Waals surface area contributed by atoms with Crippen molar-refractivity contribution in [1.82, 2.24) is 15.1 Å². The third-order valence-corrected chi connectivity index (χ3v) is 7.11. The maximum Gasteiger partial charge on any atom is 0.313 e. The summed E-state index contributed by atoms with van der Waals surface area (Å²) in [6.45, 7) is 4.89. The first-order valence-electron chi connectivity index (χ1n) is 11.0. The van der Waals surface area contributed by atoms with E-state index in [9.17, 15) is 14.4 Å². The first kappa shape index (κ1) is 21.4. The molecular weight excluding hydrogens is 438 g/mol. The fourth-order valence-corrected chi connectivity index (χ4v) is 5.57. The predicted octanol–water partition coefficient (Wildman–Crippen LogP) is 2.74. The summed E-state index contributed by atoms with van der Waals surface area (Å²) < 4.78 is 1.88. The van der Waals surface area contributed by atoms with E-state index in [1.54, 1.807) is 17.4 Å². The molecule has 3 amide bonds. The highest BCUT2D eigenvalue weighted by Crippen LogP contribution is 2.38. The molecule has 2 aliphatic heterocycles. The molecule has 0 bridgehead atoms. The Labute approximate surface area is 195 Å². The summed E-state index contributed by atoms with van der Waals surface area (Å²) in [5, 5.41) is 12.0. The van der Waals surface area contributed by atoms with Gasteiger partial charge in [-0.1, -0.05) is 6.07 Å². The summed E-state index contributed by atoms with van der Waals surface area (Å²) in [5.41, 5.74) is 5.38. The van der Waals surface area contributed by atoms with Crippen molar-refractivity contribution in [3.05, 3.63) is 63.1 Å². The van der Waals surface area contributed by atoms with Crippen LogP contribution in [0.1, 0.15) is 39.9 Å². The average Bonchev–Trinajstić information content (AvgIpc) is 3.50. The molecule has 5 rings (SSSR count). The first-order chi connectivity index (χ1) is 15.9. The second kappa shape index (κ2) is 8.47. The van der Waals surface area contributed by atoms with Crippen molar-refractivity contribution in [2.75, 3.05) is 23.3 Å². The van der Waals surface area contributed by atoms with Crippen molar-refractivity contribution in [3.8, 4) is 0 Å². The summed E-state index contributed by atoms with van der Waals surface area (Å²) in [4.78, 5) is 40.4. The monoisotopic (exact) mass is 463 g/mol. The normalized spacial score (nSPS) is 15.3. The lowest BCUT2D eigenvalue weighted by Crippen LogP contribution is -2.39. The van der Waals surface area contributed by atoms with Gasteiger partial charge in [0.1, 0.15) is 6.04 Å². The molecule has 0 spiro atoms. The number of hydrogen-bond acceptors (Lipinski definition) is 5. The van der Waals surface area contributed by atoms with Crippen LogP contribution >= 0.6 is 11.3 Å². The molecule has 8 nitrogen and oxygen atoms in total. The molecule has 4 heterocycles. The van der Waals surface area contributed by atoms with E-state index in [4.69, 9.17) is 0 Å². The molecule has 170 valence electrons. The third kappa shape index (κ3) is 4.04. The van der Waals surface area contributed by atoms with E-state index in [-0.39, 0.29) is 18.5 Å². The highest BCUT2D eigenvalue weighted by Gasteiger charge is 2.32. The second-order valence-electron chi connectivity index (χ2n) is 8.54. The van der Waals surface area contributed by atoms with E-state index in [1.165, 1.54) is 0 Å². The van der Waals surface area contributed by atoms with Crippen molar-refractivity contribution in [1.29, 1.82) is 0 Å².